The molecule has 154 valence electrons. The summed E-state index contributed by atoms with van der Waals surface area (Å²) in [6.07, 6.45) is 1.68. The molecule has 4 rings (SSSR count). The number of H-pyrrole nitrogens is 1. The number of thioether (sulfide) groups is 1. The van der Waals surface area contributed by atoms with Crippen LogP contribution in [0.4, 0.5) is 0 Å². The molecule has 0 saturated heterocycles. The lowest BCUT2D eigenvalue weighted by Crippen LogP contribution is -2.29. The monoisotopic (exact) mass is 440 g/mol. The van der Waals surface area contributed by atoms with Gasteiger partial charge in [-0.15, -0.1) is 0 Å². The fourth-order valence-electron chi connectivity index (χ4n) is 3.35. The average molecular weight is 441 g/mol. The van der Waals surface area contributed by atoms with Crippen LogP contribution in [-0.4, -0.2) is 19.1 Å². The van der Waals surface area contributed by atoms with Gasteiger partial charge in [-0.1, -0.05) is 65.8 Å². The van der Waals surface area contributed by atoms with Gasteiger partial charge in [0.15, 0.2) is 16.3 Å². The Balaban J connectivity index is 1.64. The molecule has 0 amide bonds. The Kier molecular flexibility index (Phi) is 6.11. The summed E-state index contributed by atoms with van der Waals surface area (Å²) in [5, 5.41) is 1.45. The molecule has 1 N–H and O–H groups in total. The molecule has 0 aliphatic carbocycles. The Bertz CT molecular complexity index is 1280. The highest BCUT2D eigenvalue weighted by atomic mass is 35.5. The lowest BCUT2D eigenvalue weighted by molar-refractivity contribution is 0.608. The van der Waals surface area contributed by atoms with Gasteiger partial charge in [0.1, 0.15) is 0 Å². The minimum absolute atomic E-state index is 0.404. The number of fused-ring (bicyclic) bond motifs is 1. The Labute approximate surface area is 182 Å². The molecule has 2 aromatic heterocycles. The first-order valence-electron chi connectivity index (χ1n) is 9.63. The maximum Gasteiger partial charge on any atom is 0.329 e. The highest BCUT2D eigenvalue weighted by Gasteiger charge is 2.17. The summed E-state index contributed by atoms with van der Waals surface area (Å²) < 4.78 is 3.32. The van der Waals surface area contributed by atoms with E-state index in [1.54, 1.807) is 18.8 Å². The second kappa shape index (κ2) is 8.93. The van der Waals surface area contributed by atoms with Crippen LogP contribution in [0.5, 0.6) is 0 Å². The molecule has 0 unspecified atom stereocenters. The van der Waals surface area contributed by atoms with E-state index >= 15 is 0 Å². The smallest absolute Gasteiger partial charge is 0.313 e. The number of halogens is 1. The predicted molar refractivity (Wildman–Crippen MR) is 121 cm³/mol. The first-order valence-corrected chi connectivity index (χ1v) is 11.0. The lowest BCUT2D eigenvalue weighted by atomic mass is 10.1. The number of aromatic nitrogens is 4. The van der Waals surface area contributed by atoms with Gasteiger partial charge in [0.25, 0.3) is 5.56 Å². The predicted octanol–water partition coefficient (Wildman–Crippen LogP) is 4.00. The highest BCUT2D eigenvalue weighted by molar-refractivity contribution is 7.98. The van der Waals surface area contributed by atoms with Gasteiger partial charge < -0.3 is 4.57 Å². The molecule has 0 fully saturated rings. The summed E-state index contributed by atoms with van der Waals surface area (Å²) in [6, 6.07) is 17.9. The van der Waals surface area contributed by atoms with E-state index in [1.807, 2.05) is 47.0 Å². The number of imidazole rings is 1. The number of rotatable bonds is 7. The quantitative estimate of drug-likeness (QED) is 0.441. The van der Waals surface area contributed by atoms with Gasteiger partial charge in [-0.25, -0.2) is 9.78 Å². The van der Waals surface area contributed by atoms with Gasteiger partial charge >= 0.3 is 5.69 Å². The van der Waals surface area contributed by atoms with Crippen molar-refractivity contribution in [2.75, 3.05) is 0 Å². The van der Waals surface area contributed by atoms with Crippen molar-refractivity contribution >= 4 is 34.5 Å². The van der Waals surface area contributed by atoms with Crippen LogP contribution in [0.3, 0.4) is 0 Å². The van der Waals surface area contributed by atoms with Crippen molar-refractivity contribution in [2.24, 2.45) is 7.05 Å². The van der Waals surface area contributed by atoms with Gasteiger partial charge in [0.05, 0.1) is 0 Å². The number of nitrogens with one attached hydrogen (secondary N) is 1. The summed E-state index contributed by atoms with van der Waals surface area (Å²) in [7, 11) is 1.62. The largest absolute Gasteiger partial charge is 0.329 e. The minimum atomic E-state index is -0.460. The maximum absolute atomic E-state index is 12.6. The van der Waals surface area contributed by atoms with E-state index in [0.29, 0.717) is 22.7 Å². The van der Waals surface area contributed by atoms with Crippen LogP contribution in [0.2, 0.25) is 5.02 Å². The first kappa shape index (κ1) is 20.5. The topological polar surface area (TPSA) is 72.7 Å². The molecule has 0 saturated carbocycles. The van der Waals surface area contributed by atoms with Crippen molar-refractivity contribution in [3.8, 4) is 0 Å². The molecule has 0 radical (unpaired) electrons. The molecule has 30 heavy (non-hydrogen) atoms. The van der Waals surface area contributed by atoms with Crippen LogP contribution >= 0.6 is 23.4 Å². The van der Waals surface area contributed by atoms with Crippen LogP contribution in [0.15, 0.2) is 69.3 Å². The van der Waals surface area contributed by atoms with E-state index in [-0.39, 0.29) is 0 Å². The van der Waals surface area contributed by atoms with Crippen LogP contribution in [0.25, 0.3) is 11.2 Å². The van der Waals surface area contributed by atoms with E-state index in [2.05, 4.69) is 22.1 Å². The van der Waals surface area contributed by atoms with Gasteiger partial charge in [0, 0.05) is 24.4 Å². The normalized spacial score (nSPS) is 11.3. The molecule has 0 aliphatic rings. The molecular weight excluding hydrogens is 420 g/mol. The standard InChI is InChI=1S/C22H21ClN4O2S/c1-26-19-18(20(28)25-21(26)29)27(13-5-8-15-9-11-17(23)12-10-15)22(24-19)30-14-16-6-3-2-4-7-16/h2-4,6-7,9-12H,5,8,13-14H2,1H3,(H,25,28,29). The van der Waals surface area contributed by atoms with Crippen LogP contribution in [0, 0.1) is 0 Å². The van der Waals surface area contributed by atoms with Gasteiger partial charge in [-0.3, -0.25) is 14.3 Å². The van der Waals surface area contributed by atoms with Gasteiger partial charge in [0.2, 0.25) is 0 Å². The van der Waals surface area contributed by atoms with Crippen molar-refractivity contribution in [1.29, 1.82) is 0 Å². The summed E-state index contributed by atoms with van der Waals surface area (Å²) in [6.45, 7) is 0.623. The minimum Gasteiger partial charge on any atom is -0.313 e. The molecule has 2 heterocycles. The van der Waals surface area contributed by atoms with E-state index in [4.69, 9.17) is 11.6 Å². The van der Waals surface area contributed by atoms with Crippen molar-refractivity contribution in [3.63, 3.8) is 0 Å². The maximum atomic E-state index is 12.6. The van der Waals surface area contributed by atoms with Crippen molar-refractivity contribution in [1.82, 2.24) is 19.1 Å². The number of nitrogens with zero attached hydrogens (tertiary/aromatic N) is 3. The molecule has 2 aromatic carbocycles. The number of benzene rings is 2. The van der Waals surface area contributed by atoms with Crippen LogP contribution in [-0.2, 0) is 25.8 Å². The molecular formula is C22H21ClN4O2S. The summed E-state index contributed by atoms with van der Waals surface area (Å²) in [5.41, 5.74) is 2.33. The van der Waals surface area contributed by atoms with Crippen molar-refractivity contribution in [2.45, 2.75) is 30.3 Å². The zero-order valence-electron chi connectivity index (χ0n) is 16.5. The fourth-order valence-corrected chi connectivity index (χ4v) is 4.45. The summed E-state index contributed by atoms with van der Waals surface area (Å²) in [5.74, 6) is 0.729. The molecule has 0 bridgehead atoms. The third-order valence-electron chi connectivity index (χ3n) is 4.94. The Morgan fingerprint density at radius 2 is 1.77 bits per heavy atom. The lowest BCUT2D eigenvalue weighted by Gasteiger charge is -2.09. The molecule has 0 spiro atoms. The van der Waals surface area contributed by atoms with Crippen LogP contribution < -0.4 is 11.2 Å². The molecule has 4 aromatic rings. The van der Waals surface area contributed by atoms with E-state index < -0.39 is 11.2 Å². The van der Waals surface area contributed by atoms with E-state index in [1.165, 1.54) is 15.7 Å². The Morgan fingerprint density at radius 1 is 1.03 bits per heavy atom. The third kappa shape index (κ3) is 4.37. The van der Waals surface area contributed by atoms with E-state index in [0.717, 1.165) is 23.8 Å². The Hall–Kier alpha value is -2.77. The van der Waals surface area contributed by atoms with E-state index in [9.17, 15) is 9.59 Å². The van der Waals surface area contributed by atoms with Gasteiger partial charge in [-0.2, -0.15) is 0 Å². The molecule has 0 aliphatic heterocycles. The number of hydrogen-bond donors (Lipinski definition) is 1. The summed E-state index contributed by atoms with van der Waals surface area (Å²) in [4.78, 5) is 31.6. The average Bonchev–Trinajstić information content (AvgIpc) is 3.12. The molecule has 8 heteroatoms. The first-order chi connectivity index (χ1) is 14.5. The third-order valence-corrected chi connectivity index (χ3v) is 6.24. The second-order valence-corrected chi connectivity index (χ2v) is 8.42. The number of aromatic amines is 1. The SMILES string of the molecule is Cn1c(=O)[nH]c(=O)c2c1nc(SCc1ccccc1)n2CCCc1ccc(Cl)cc1. The van der Waals surface area contributed by atoms with Gasteiger partial charge in [-0.05, 0) is 36.1 Å². The number of hydrogen-bond acceptors (Lipinski definition) is 4. The second-order valence-electron chi connectivity index (χ2n) is 7.04. The number of aryl methyl sites for hydroxylation is 3. The highest BCUT2D eigenvalue weighted by Crippen LogP contribution is 2.25. The zero-order valence-corrected chi connectivity index (χ0v) is 18.0. The van der Waals surface area contributed by atoms with Crippen LogP contribution in [0.1, 0.15) is 17.5 Å². The molecule has 0 atom stereocenters. The van der Waals surface area contributed by atoms with Crippen molar-refractivity contribution < 1.29 is 0 Å². The Morgan fingerprint density at radius 3 is 2.50 bits per heavy atom. The zero-order chi connectivity index (χ0) is 21.1. The molecule has 6 nitrogen and oxygen atoms in total. The fraction of sp³-hybridized carbons (Fsp3) is 0.227. The van der Waals surface area contributed by atoms with Crippen molar-refractivity contribution in [3.05, 3.63) is 91.6 Å². The summed E-state index contributed by atoms with van der Waals surface area (Å²) >= 11 is 7.53.